The van der Waals surface area contributed by atoms with E-state index in [1.807, 2.05) is 24.3 Å². The zero-order valence-electron chi connectivity index (χ0n) is 11.2. The maximum atomic E-state index is 9.72. The lowest BCUT2D eigenvalue weighted by Crippen LogP contribution is -1.82. The van der Waals surface area contributed by atoms with Crippen molar-refractivity contribution in [3.63, 3.8) is 0 Å². The van der Waals surface area contributed by atoms with Gasteiger partial charge in [-0.1, -0.05) is 54.1 Å². The summed E-state index contributed by atoms with van der Waals surface area (Å²) in [5, 5.41) is 10.7. The van der Waals surface area contributed by atoms with Gasteiger partial charge in [0.15, 0.2) is 0 Å². The van der Waals surface area contributed by atoms with Crippen LogP contribution in [0.3, 0.4) is 0 Å². The zero-order valence-corrected chi connectivity index (χ0v) is 11.2. The molecule has 98 valence electrons. The van der Waals surface area contributed by atoms with Crippen LogP contribution in [0.5, 0.6) is 5.75 Å². The molecule has 0 unspecified atom stereocenters. The van der Waals surface area contributed by atoms with E-state index in [1.165, 1.54) is 5.56 Å². The number of phenols is 1. The van der Waals surface area contributed by atoms with Gasteiger partial charge in [-0.25, -0.2) is 0 Å². The number of rotatable bonds is 2. The molecule has 0 aliphatic carbocycles. The minimum absolute atomic E-state index is 0.219. The van der Waals surface area contributed by atoms with E-state index < -0.39 is 0 Å². The van der Waals surface area contributed by atoms with Crippen molar-refractivity contribution in [2.24, 2.45) is 0 Å². The Bertz CT molecular complexity index is 773. The molecule has 0 radical (unpaired) electrons. The Balaban J connectivity index is 1.93. The topological polar surface area (TPSA) is 33.1 Å². The highest BCUT2D eigenvalue weighted by atomic mass is 16.3. The maximum Gasteiger partial charge on any atom is 0.141 e. The standard InChI is InChI=1S/C18H15NO/c1-13-5-7-14(8-6-13)9-10-15-11-16-3-2-4-17(20)18(16)19-12-15/h2-12,20H,1H3/b10-9+. The first kappa shape index (κ1) is 12.4. The lowest BCUT2D eigenvalue weighted by molar-refractivity contribution is 0.480. The molecular weight excluding hydrogens is 246 g/mol. The Labute approximate surface area is 118 Å². The highest BCUT2D eigenvalue weighted by molar-refractivity contribution is 5.86. The summed E-state index contributed by atoms with van der Waals surface area (Å²) in [6.07, 6.45) is 5.86. The SMILES string of the molecule is Cc1ccc(/C=C/c2cnc3c(O)cccc3c2)cc1. The third-order valence-electron chi connectivity index (χ3n) is 3.26. The number of para-hydroxylation sites is 1. The van der Waals surface area contributed by atoms with Crippen LogP contribution in [-0.2, 0) is 0 Å². The van der Waals surface area contributed by atoms with E-state index in [9.17, 15) is 5.11 Å². The van der Waals surface area contributed by atoms with Crippen LogP contribution in [0.15, 0.2) is 54.7 Å². The molecule has 2 heteroatoms. The maximum absolute atomic E-state index is 9.72. The first-order valence-electron chi connectivity index (χ1n) is 6.55. The molecule has 0 fully saturated rings. The molecule has 20 heavy (non-hydrogen) atoms. The number of hydrogen-bond acceptors (Lipinski definition) is 2. The predicted octanol–water partition coefficient (Wildman–Crippen LogP) is 4.42. The molecule has 0 saturated carbocycles. The number of phenolic OH excluding ortho intramolecular Hbond substituents is 1. The molecule has 0 bridgehead atoms. The van der Waals surface area contributed by atoms with Crippen molar-refractivity contribution in [3.8, 4) is 5.75 Å². The Morgan fingerprint density at radius 2 is 1.70 bits per heavy atom. The summed E-state index contributed by atoms with van der Waals surface area (Å²) >= 11 is 0. The largest absolute Gasteiger partial charge is 0.506 e. The third-order valence-corrected chi connectivity index (χ3v) is 3.26. The van der Waals surface area contributed by atoms with Gasteiger partial charge in [-0.05, 0) is 30.2 Å². The second kappa shape index (κ2) is 5.17. The molecule has 3 rings (SSSR count). The molecule has 2 nitrogen and oxygen atoms in total. The molecular formula is C18H15NO. The lowest BCUT2D eigenvalue weighted by atomic mass is 10.1. The highest BCUT2D eigenvalue weighted by Gasteiger charge is 2.00. The van der Waals surface area contributed by atoms with Gasteiger partial charge in [0.2, 0.25) is 0 Å². The van der Waals surface area contributed by atoms with Crippen LogP contribution in [0.1, 0.15) is 16.7 Å². The van der Waals surface area contributed by atoms with Gasteiger partial charge in [0.1, 0.15) is 11.3 Å². The summed E-state index contributed by atoms with van der Waals surface area (Å²) in [5.41, 5.74) is 4.07. The van der Waals surface area contributed by atoms with E-state index in [0.29, 0.717) is 5.52 Å². The Kier molecular flexibility index (Phi) is 3.21. The zero-order chi connectivity index (χ0) is 13.9. The van der Waals surface area contributed by atoms with Gasteiger partial charge in [0.25, 0.3) is 0 Å². The summed E-state index contributed by atoms with van der Waals surface area (Å²) in [6.45, 7) is 2.08. The van der Waals surface area contributed by atoms with Crippen molar-refractivity contribution in [1.29, 1.82) is 0 Å². The van der Waals surface area contributed by atoms with Crippen molar-refractivity contribution in [2.45, 2.75) is 6.92 Å². The third kappa shape index (κ3) is 2.54. The highest BCUT2D eigenvalue weighted by Crippen LogP contribution is 2.23. The number of aromatic hydroxyl groups is 1. The molecule has 0 aliphatic heterocycles. The summed E-state index contributed by atoms with van der Waals surface area (Å²) in [4.78, 5) is 4.31. The Morgan fingerprint density at radius 3 is 2.50 bits per heavy atom. The number of fused-ring (bicyclic) bond motifs is 1. The van der Waals surface area contributed by atoms with Crippen molar-refractivity contribution in [3.05, 3.63) is 71.4 Å². The fraction of sp³-hybridized carbons (Fsp3) is 0.0556. The van der Waals surface area contributed by atoms with Gasteiger partial charge in [-0.2, -0.15) is 0 Å². The second-order valence-electron chi connectivity index (χ2n) is 4.86. The smallest absolute Gasteiger partial charge is 0.141 e. The fourth-order valence-electron chi connectivity index (χ4n) is 2.12. The number of aromatic nitrogens is 1. The average Bonchev–Trinajstić information content (AvgIpc) is 2.47. The van der Waals surface area contributed by atoms with Gasteiger partial charge in [-0.15, -0.1) is 0 Å². The van der Waals surface area contributed by atoms with E-state index in [0.717, 1.165) is 16.5 Å². The summed E-state index contributed by atoms with van der Waals surface area (Å²) in [7, 11) is 0. The van der Waals surface area contributed by atoms with E-state index >= 15 is 0 Å². The molecule has 1 aromatic heterocycles. The molecule has 0 atom stereocenters. The predicted molar refractivity (Wildman–Crippen MR) is 83.5 cm³/mol. The van der Waals surface area contributed by atoms with Gasteiger partial charge < -0.3 is 5.11 Å². The number of hydrogen-bond donors (Lipinski definition) is 1. The van der Waals surface area contributed by atoms with E-state index in [1.54, 1.807) is 12.3 Å². The minimum Gasteiger partial charge on any atom is -0.506 e. The molecule has 3 aromatic rings. The molecule has 1 heterocycles. The van der Waals surface area contributed by atoms with Gasteiger partial charge in [-0.3, -0.25) is 4.98 Å². The number of aryl methyl sites for hydroxylation is 1. The van der Waals surface area contributed by atoms with Crippen molar-refractivity contribution in [1.82, 2.24) is 4.98 Å². The molecule has 1 N–H and O–H groups in total. The number of pyridine rings is 1. The number of benzene rings is 2. The Hall–Kier alpha value is -2.61. The molecule has 0 spiro atoms. The number of nitrogens with zero attached hydrogens (tertiary/aromatic N) is 1. The molecule has 0 saturated heterocycles. The van der Waals surface area contributed by atoms with Crippen LogP contribution in [-0.4, -0.2) is 10.1 Å². The van der Waals surface area contributed by atoms with Gasteiger partial charge in [0.05, 0.1) is 0 Å². The van der Waals surface area contributed by atoms with Crippen LogP contribution >= 0.6 is 0 Å². The van der Waals surface area contributed by atoms with Gasteiger partial charge in [0, 0.05) is 11.6 Å². The van der Waals surface area contributed by atoms with Crippen LogP contribution in [0, 0.1) is 6.92 Å². The summed E-state index contributed by atoms with van der Waals surface area (Å²) in [5.74, 6) is 0.219. The molecule has 0 amide bonds. The normalized spacial score (nSPS) is 11.2. The molecule has 0 aliphatic rings. The monoisotopic (exact) mass is 261 g/mol. The second-order valence-corrected chi connectivity index (χ2v) is 4.86. The van der Waals surface area contributed by atoms with Crippen molar-refractivity contribution < 1.29 is 5.11 Å². The van der Waals surface area contributed by atoms with E-state index in [2.05, 4.69) is 42.2 Å². The van der Waals surface area contributed by atoms with E-state index in [-0.39, 0.29) is 5.75 Å². The van der Waals surface area contributed by atoms with Crippen LogP contribution < -0.4 is 0 Å². The van der Waals surface area contributed by atoms with Crippen LogP contribution in [0.25, 0.3) is 23.1 Å². The van der Waals surface area contributed by atoms with Crippen molar-refractivity contribution in [2.75, 3.05) is 0 Å². The average molecular weight is 261 g/mol. The summed E-state index contributed by atoms with van der Waals surface area (Å²) < 4.78 is 0. The first-order chi connectivity index (χ1) is 9.72. The minimum atomic E-state index is 0.219. The van der Waals surface area contributed by atoms with Gasteiger partial charge >= 0.3 is 0 Å². The quantitative estimate of drug-likeness (QED) is 0.740. The van der Waals surface area contributed by atoms with E-state index in [4.69, 9.17) is 0 Å². The Morgan fingerprint density at radius 1 is 0.950 bits per heavy atom. The van der Waals surface area contributed by atoms with Crippen molar-refractivity contribution >= 4 is 23.1 Å². The summed E-state index contributed by atoms with van der Waals surface area (Å²) in [6, 6.07) is 15.8. The van der Waals surface area contributed by atoms with Crippen LogP contribution in [0.4, 0.5) is 0 Å². The lowest BCUT2D eigenvalue weighted by Gasteiger charge is -2.01. The first-order valence-corrected chi connectivity index (χ1v) is 6.55. The fourth-order valence-corrected chi connectivity index (χ4v) is 2.12. The van der Waals surface area contributed by atoms with Crippen LogP contribution in [0.2, 0.25) is 0 Å². The molecule has 2 aromatic carbocycles.